The first-order chi connectivity index (χ1) is 11.1. The SMILES string of the molecule is CCCC(C)(C)C(=O)Nc1ccc(NCC(C)(C)O)c(N=CN)c1. The number of nitrogens with two attached hydrogens (primary N) is 1. The van der Waals surface area contributed by atoms with Crippen molar-refractivity contribution < 1.29 is 9.90 Å². The Bertz CT molecular complexity index is 589. The molecule has 0 fully saturated rings. The van der Waals surface area contributed by atoms with Crippen molar-refractivity contribution in [3.8, 4) is 0 Å². The maximum atomic E-state index is 12.4. The molecule has 1 aromatic carbocycles. The summed E-state index contributed by atoms with van der Waals surface area (Å²) < 4.78 is 0. The van der Waals surface area contributed by atoms with Crippen LogP contribution in [0.5, 0.6) is 0 Å². The molecule has 0 aromatic heterocycles. The van der Waals surface area contributed by atoms with Crippen LogP contribution in [0.1, 0.15) is 47.5 Å². The van der Waals surface area contributed by atoms with Crippen molar-refractivity contribution in [3.63, 3.8) is 0 Å². The first-order valence-corrected chi connectivity index (χ1v) is 8.25. The summed E-state index contributed by atoms with van der Waals surface area (Å²) in [6.45, 7) is 9.74. The number of anilines is 2. The van der Waals surface area contributed by atoms with Gasteiger partial charge in [-0.3, -0.25) is 4.79 Å². The van der Waals surface area contributed by atoms with Gasteiger partial charge in [0.1, 0.15) is 0 Å². The number of nitrogens with zero attached hydrogens (tertiary/aromatic N) is 1. The summed E-state index contributed by atoms with van der Waals surface area (Å²) in [7, 11) is 0. The van der Waals surface area contributed by atoms with Crippen molar-refractivity contribution in [1.29, 1.82) is 0 Å². The Hall–Kier alpha value is -2.08. The van der Waals surface area contributed by atoms with Gasteiger partial charge in [0.15, 0.2) is 0 Å². The van der Waals surface area contributed by atoms with E-state index >= 15 is 0 Å². The summed E-state index contributed by atoms with van der Waals surface area (Å²) in [6, 6.07) is 5.38. The molecule has 1 aromatic rings. The highest BCUT2D eigenvalue weighted by Gasteiger charge is 2.26. The third kappa shape index (κ3) is 6.20. The van der Waals surface area contributed by atoms with E-state index in [0.29, 0.717) is 17.9 Å². The monoisotopic (exact) mass is 334 g/mol. The summed E-state index contributed by atoms with van der Waals surface area (Å²) in [5, 5.41) is 15.9. The number of benzene rings is 1. The van der Waals surface area contributed by atoms with Crippen LogP contribution in [0.3, 0.4) is 0 Å². The second-order valence-corrected chi connectivity index (χ2v) is 7.26. The van der Waals surface area contributed by atoms with Crippen LogP contribution in [0.2, 0.25) is 0 Å². The standard InChI is InChI=1S/C18H30N4O2/c1-6-9-17(2,3)16(23)22-13-7-8-14(15(10-13)21-12-19)20-11-18(4,5)24/h7-8,10,12,20,24H,6,9,11H2,1-5H3,(H2,19,21)(H,22,23). The summed E-state index contributed by atoms with van der Waals surface area (Å²) >= 11 is 0. The summed E-state index contributed by atoms with van der Waals surface area (Å²) in [4.78, 5) is 16.5. The van der Waals surface area contributed by atoms with Gasteiger partial charge in [0.2, 0.25) is 5.91 Å². The van der Waals surface area contributed by atoms with Crippen LogP contribution in [-0.4, -0.2) is 29.5 Å². The topological polar surface area (TPSA) is 99.7 Å². The van der Waals surface area contributed by atoms with E-state index in [0.717, 1.165) is 18.5 Å². The van der Waals surface area contributed by atoms with Crippen LogP contribution >= 0.6 is 0 Å². The predicted octanol–water partition coefficient (Wildman–Crippen LogP) is 3.25. The molecule has 0 heterocycles. The third-order valence-electron chi connectivity index (χ3n) is 3.67. The number of carbonyl (C=O) groups is 1. The molecule has 0 saturated heterocycles. The molecular formula is C18H30N4O2. The van der Waals surface area contributed by atoms with E-state index in [1.807, 2.05) is 26.0 Å². The zero-order chi connectivity index (χ0) is 18.4. The van der Waals surface area contributed by atoms with Crippen LogP contribution in [0.15, 0.2) is 23.2 Å². The minimum Gasteiger partial charge on any atom is -0.390 e. The van der Waals surface area contributed by atoms with Crippen LogP contribution in [0, 0.1) is 5.41 Å². The van der Waals surface area contributed by atoms with Crippen molar-refractivity contribution in [3.05, 3.63) is 18.2 Å². The number of amides is 1. The van der Waals surface area contributed by atoms with Crippen LogP contribution in [-0.2, 0) is 4.79 Å². The Morgan fingerprint density at radius 3 is 2.54 bits per heavy atom. The highest BCUT2D eigenvalue weighted by atomic mass is 16.3. The molecule has 0 bridgehead atoms. The van der Waals surface area contributed by atoms with Gasteiger partial charge in [-0.2, -0.15) is 0 Å². The Labute approximate surface area is 144 Å². The van der Waals surface area contributed by atoms with Crippen molar-refractivity contribution in [2.45, 2.75) is 53.1 Å². The summed E-state index contributed by atoms with van der Waals surface area (Å²) in [5.41, 5.74) is 6.15. The first kappa shape index (κ1) is 20.0. The quantitative estimate of drug-likeness (QED) is 0.433. The molecule has 0 saturated carbocycles. The fourth-order valence-electron chi connectivity index (χ4n) is 2.30. The Morgan fingerprint density at radius 2 is 2.00 bits per heavy atom. The molecule has 0 atom stereocenters. The van der Waals surface area contributed by atoms with Crippen molar-refractivity contribution in [1.82, 2.24) is 0 Å². The van der Waals surface area contributed by atoms with Gasteiger partial charge in [0.05, 0.1) is 23.3 Å². The fraction of sp³-hybridized carbons (Fsp3) is 0.556. The molecule has 5 N–H and O–H groups in total. The molecule has 1 amide bonds. The molecule has 24 heavy (non-hydrogen) atoms. The van der Waals surface area contributed by atoms with Gasteiger partial charge in [-0.25, -0.2) is 4.99 Å². The van der Waals surface area contributed by atoms with E-state index in [9.17, 15) is 9.90 Å². The minimum absolute atomic E-state index is 0.0239. The van der Waals surface area contributed by atoms with E-state index in [1.54, 1.807) is 19.9 Å². The molecule has 6 heteroatoms. The van der Waals surface area contributed by atoms with Gasteiger partial charge in [0, 0.05) is 17.6 Å². The smallest absolute Gasteiger partial charge is 0.230 e. The lowest BCUT2D eigenvalue weighted by Gasteiger charge is -2.23. The molecule has 0 spiro atoms. The highest BCUT2D eigenvalue weighted by Crippen LogP contribution is 2.30. The fourth-order valence-corrected chi connectivity index (χ4v) is 2.30. The lowest BCUT2D eigenvalue weighted by molar-refractivity contribution is -0.124. The van der Waals surface area contributed by atoms with Gasteiger partial charge >= 0.3 is 0 Å². The van der Waals surface area contributed by atoms with E-state index in [4.69, 9.17) is 5.73 Å². The zero-order valence-electron chi connectivity index (χ0n) is 15.3. The Balaban J connectivity index is 2.95. The van der Waals surface area contributed by atoms with E-state index in [-0.39, 0.29) is 5.91 Å². The lowest BCUT2D eigenvalue weighted by atomic mass is 9.87. The first-order valence-electron chi connectivity index (χ1n) is 8.25. The van der Waals surface area contributed by atoms with Crippen molar-refractivity contribution in [2.75, 3.05) is 17.2 Å². The summed E-state index contributed by atoms with van der Waals surface area (Å²) in [5.74, 6) is -0.0239. The molecule has 0 aliphatic rings. The number of hydrogen-bond acceptors (Lipinski definition) is 4. The Morgan fingerprint density at radius 1 is 1.33 bits per heavy atom. The molecule has 0 aliphatic heterocycles. The molecule has 0 unspecified atom stereocenters. The highest BCUT2D eigenvalue weighted by molar-refractivity contribution is 5.95. The minimum atomic E-state index is -0.846. The number of nitrogens with one attached hydrogen (secondary N) is 2. The van der Waals surface area contributed by atoms with Gasteiger partial charge in [-0.05, 0) is 38.5 Å². The number of rotatable bonds is 8. The second-order valence-electron chi connectivity index (χ2n) is 7.26. The largest absolute Gasteiger partial charge is 0.390 e. The van der Waals surface area contributed by atoms with Crippen LogP contribution in [0.4, 0.5) is 17.1 Å². The number of aliphatic hydroxyl groups is 1. The van der Waals surface area contributed by atoms with Gasteiger partial charge in [-0.15, -0.1) is 0 Å². The third-order valence-corrected chi connectivity index (χ3v) is 3.67. The zero-order valence-corrected chi connectivity index (χ0v) is 15.3. The van der Waals surface area contributed by atoms with Crippen molar-refractivity contribution in [2.24, 2.45) is 16.1 Å². The predicted molar refractivity (Wildman–Crippen MR) is 101 cm³/mol. The van der Waals surface area contributed by atoms with Crippen molar-refractivity contribution >= 4 is 29.3 Å². The average molecular weight is 334 g/mol. The number of carbonyl (C=O) groups excluding carboxylic acids is 1. The van der Waals surface area contributed by atoms with Gasteiger partial charge in [0.25, 0.3) is 0 Å². The van der Waals surface area contributed by atoms with Gasteiger partial charge < -0.3 is 21.5 Å². The number of hydrogen-bond donors (Lipinski definition) is 4. The number of aliphatic imine (C=N–C) groups is 1. The molecule has 6 nitrogen and oxygen atoms in total. The summed E-state index contributed by atoms with van der Waals surface area (Å²) in [6.07, 6.45) is 2.97. The van der Waals surface area contributed by atoms with Crippen LogP contribution in [0.25, 0.3) is 0 Å². The van der Waals surface area contributed by atoms with E-state index in [1.165, 1.54) is 6.34 Å². The normalized spacial score (nSPS) is 12.4. The lowest BCUT2D eigenvalue weighted by Crippen LogP contribution is -2.30. The molecular weight excluding hydrogens is 304 g/mol. The maximum Gasteiger partial charge on any atom is 0.230 e. The van der Waals surface area contributed by atoms with Crippen LogP contribution < -0.4 is 16.4 Å². The molecule has 134 valence electrons. The average Bonchev–Trinajstić information content (AvgIpc) is 2.45. The van der Waals surface area contributed by atoms with Gasteiger partial charge in [-0.1, -0.05) is 27.2 Å². The maximum absolute atomic E-state index is 12.4. The molecule has 1 rings (SSSR count). The Kier molecular flexibility index (Phi) is 6.78. The molecule has 0 aliphatic carbocycles. The second kappa shape index (κ2) is 8.15. The molecule has 0 radical (unpaired) electrons. The van der Waals surface area contributed by atoms with E-state index < -0.39 is 11.0 Å². The van der Waals surface area contributed by atoms with E-state index in [2.05, 4.69) is 22.5 Å².